The van der Waals surface area contributed by atoms with Crippen molar-refractivity contribution in [2.24, 2.45) is 0 Å². The van der Waals surface area contributed by atoms with Gasteiger partial charge in [0.2, 0.25) is 11.8 Å². The molecule has 1 aliphatic rings. The number of carbonyl (C=O) groups is 2. The third-order valence-corrected chi connectivity index (χ3v) is 7.34. The number of aliphatic hydroxyl groups excluding tert-OH is 1. The molecule has 0 saturated carbocycles. The highest BCUT2D eigenvalue weighted by molar-refractivity contribution is 7.13. The van der Waals surface area contributed by atoms with Crippen molar-refractivity contribution in [2.75, 3.05) is 6.54 Å². The van der Waals surface area contributed by atoms with Crippen LogP contribution in [0.5, 0.6) is 0 Å². The smallest absolute Gasteiger partial charge is 0.243 e. The van der Waals surface area contributed by atoms with Crippen molar-refractivity contribution in [1.82, 2.24) is 20.4 Å². The van der Waals surface area contributed by atoms with Crippen LogP contribution in [0.4, 0.5) is 0 Å². The lowest BCUT2D eigenvalue weighted by atomic mass is 10.0. The van der Waals surface area contributed by atoms with E-state index in [-0.39, 0.29) is 24.8 Å². The summed E-state index contributed by atoms with van der Waals surface area (Å²) in [4.78, 5) is 33.3. The van der Waals surface area contributed by atoms with Gasteiger partial charge >= 0.3 is 0 Å². The van der Waals surface area contributed by atoms with Gasteiger partial charge in [0, 0.05) is 25.6 Å². The molecule has 0 spiro atoms. The molecule has 8 nitrogen and oxygen atoms in total. The van der Waals surface area contributed by atoms with E-state index in [2.05, 4.69) is 21.5 Å². The van der Waals surface area contributed by atoms with Gasteiger partial charge in [0.15, 0.2) is 0 Å². The zero-order chi connectivity index (χ0) is 24.4. The van der Waals surface area contributed by atoms with Gasteiger partial charge in [0.05, 0.1) is 33.8 Å². The Bertz CT molecular complexity index is 1190. The van der Waals surface area contributed by atoms with Crippen molar-refractivity contribution in [2.45, 2.75) is 65.1 Å². The number of nitrogens with zero attached hydrogens (tertiary/aromatic N) is 3. The zero-order valence-electron chi connectivity index (χ0n) is 19.9. The number of benzene rings is 1. The quantitative estimate of drug-likeness (QED) is 0.534. The summed E-state index contributed by atoms with van der Waals surface area (Å²) >= 11 is 1.61. The first-order valence-electron chi connectivity index (χ1n) is 11.5. The number of likely N-dealkylation sites (tertiary alicyclic amines) is 1. The van der Waals surface area contributed by atoms with E-state index < -0.39 is 18.1 Å². The monoisotopic (exact) mass is 482 g/mol. The molecule has 3 atom stereocenters. The number of rotatable bonds is 7. The van der Waals surface area contributed by atoms with E-state index in [0.29, 0.717) is 24.4 Å². The Morgan fingerprint density at radius 1 is 1.29 bits per heavy atom. The van der Waals surface area contributed by atoms with E-state index in [1.807, 2.05) is 38.4 Å². The van der Waals surface area contributed by atoms with Crippen molar-refractivity contribution >= 4 is 23.2 Å². The van der Waals surface area contributed by atoms with Crippen LogP contribution in [0.15, 0.2) is 34.3 Å². The molecular weight excluding hydrogens is 452 g/mol. The Hall–Kier alpha value is -3.04. The van der Waals surface area contributed by atoms with Gasteiger partial charge in [0.1, 0.15) is 11.8 Å². The fraction of sp³-hybridized carbons (Fsp3) is 0.440. The molecule has 0 aliphatic carbocycles. The molecule has 3 aromatic rings. The summed E-state index contributed by atoms with van der Waals surface area (Å²) in [7, 11) is 0. The molecule has 2 amide bonds. The summed E-state index contributed by atoms with van der Waals surface area (Å²) in [6.07, 6.45) is -0.0112. The van der Waals surface area contributed by atoms with Gasteiger partial charge in [-0.05, 0) is 43.9 Å². The van der Waals surface area contributed by atoms with Crippen molar-refractivity contribution in [3.63, 3.8) is 0 Å². The van der Waals surface area contributed by atoms with Crippen LogP contribution in [-0.4, -0.2) is 50.7 Å². The maximum atomic E-state index is 13.3. The lowest BCUT2D eigenvalue weighted by Gasteiger charge is -2.26. The van der Waals surface area contributed by atoms with Crippen LogP contribution in [0.3, 0.4) is 0 Å². The predicted octanol–water partition coefficient (Wildman–Crippen LogP) is 3.50. The third kappa shape index (κ3) is 4.90. The van der Waals surface area contributed by atoms with Crippen molar-refractivity contribution < 1.29 is 19.2 Å². The Balaban J connectivity index is 1.44. The average molecular weight is 483 g/mol. The molecule has 0 bridgehead atoms. The number of hydrogen-bond donors (Lipinski definition) is 2. The molecule has 9 heteroatoms. The van der Waals surface area contributed by atoms with Gasteiger partial charge in [-0.1, -0.05) is 30.3 Å². The number of β-amino-alcohol motifs (C(OH)–C–C–N with tert-alkyl or cyclic N) is 1. The second-order valence-corrected chi connectivity index (χ2v) is 9.71. The normalized spacial score (nSPS) is 18.8. The minimum absolute atomic E-state index is 0.127. The molecule has 2 N–H and O–H groups in total. The van der Waals surface area contributed by atoms with E-state index in [9.17, 15) is 14.7 Å². The van der Waals surface area contributed by atoms with E-state index in [4.69, 9.17) is 4.52 Å². The highest BCUT2D eigenvalue weighted by Crippen LogP contribution is 2.30. The third-order valence-electron chi connectivity index (χ3n) is 6.36. The number of carbonyl (C=O) groups excluding carboxylic acids is 2. The van der Waals surface area contributed by atoms with Crippen LogP contribution in [0.25, 0.3) is 10.4 Å². The van der Waals surface area contributed by atoms with E-state index in [1.165, 1.54) is 4.90 Å². The SMILES string of the molecule is CC[C@@H](C(=O)N1C[C@H](O)C[C@H]1C(=O)NCc1ccc(-c2scnc2C)cc1C)c1cc(C)no1. The highest BCUT2D eigenvalue weighted by atomic mass is 32.1. The Morgan fingerprint density at radius 2 is 2.09 bits per heavy atom. The first-order chi connectivity index (χ1) is 16.3. The van der Waals surface area contributed by atoms with Crippen LogP contribution in [-0.2, 0) is 16.1 Å². The molecule has 1 aromatic carbocycles. The molecule has 3 heterocycles. The second kappa shape index (κ2) is 10.1. The van der Waals surface area contributed by atoms with Crippen LogP contribution < -0.4 is 5.32 Å². The topological polar surface area (TPSA) is 109 Å². The molecule has 34 heavy (non-hydrogen) atoms. The van der Waals surface area contributed by atoms with Gasteiger partial charge in [-0.2, -0.15) is 0 Å². The number of thiazole rings is 1. The standard InChI is InChI=1S/C25H30N4O4S/c1-5-20(22-9-15(3)28-33-22)25(32)29-12-19(30)10-21(29)24(31)26-11-18-7-6-17(8-14(18)2)23-16(4)27-13-34-23/h6-9,13,19-21,30H,5,10-12H2,1-4H3,(H,26,31)/t19-,20-,21+/m1/s1. The van der Waals surface area contributed by atoms with Gasteiger partial charge in [-0.25, -0.2) is 4.98 Å². The molecule has 180 valence electrons. The molecule has 0 unspecified atom stereocenters. The van der Waals surface area contributed by atoms with Crippen molar-refractivity contribution in [3.8, 4) is 10.4 Å². The average Bonchev–Trinajstić information content (AvgIpc) is 3.53. The Morgan fingerprint density at radius 3 is 2.71 bits per heavy atom. The number of hydrogen-bond acceptors (Lipinski definition) is 7. The summed E-state index contributed by atoms with van der Waals surface area (Å²) in [5.74, 6) is -0.546. The zero-order valence-corrected chi connectivity index (χ0v) is 20.7. The molecule has 4 rings (SSSR count). The predicted molar refractivity (Wildman–Crippen MR) is 129 cm³/mol. The van der Waals surface area contributed by atoms with Crippen LogP contribution in [0.1, 0.15) is 54.0 Å². The second-order valence-electron chi connectivity index (χ2n) is 8.85. The first kappa shape index (κ1) is 24.1. The number of nitrogens with one attached hydrogen (secondary N) is 1. The fourth-order valence-corrected chi connectivity index (χ4v) is 5.27. The van der Waals surface area contributed by atoms with Gasteiger partial charge in [0.25, 0.3) is 0 Å². The summed E-state index contributed by atoms with van der Waals surface area (Å²) in [6.45, 7) is 8.17. The van der Waals surface area contributed by atoms with Gasteiger partial charge in [-0.3, -0.25) is 9.59 Å². The highest BCUT2D eigenvalue weighted by Gasteiger charge is 2.41. The summed E-state index contributed by atoms with van der Waals surface area (Å²) in [5.41, 5.74) is 6.71. The molecule has 1 aliphatic heterocycles. The van der Waals surface area contributed by atoms with Gasteiger partial charge < -0.3 is 19.8 Å². The number of aromatic nitrogens is 2. The molecular formula is C25H30N4O4S. The summed E-state index contributed by atoms with van der Waals surface area (Å²) in [5, 5.41) is 17.1. The Kier molecular flexibility index (Phi) is 7.13. The van der Waals surface area contributed by atoms with Crippen molar-refractivity contribution in [3.05, 3.63) is 58.1 Å². The number of amides is 2. The number of aliphatic hydroxyl groups is 1. The minimum atomic E-state index is -0.739. The summed E-state index contributed by atoms with van der Waals surface area (Å²) in [6, 6.07) is 7.17. The van der Waals surface area contributed by atoms with E-state index in [1.54, 1.807) is 24.3 Å². The lowest BCUT2D eigenvalue weighted by Crippen LogP contribution is -2.47. The molecule has 0 radical (unpaired) electrons. The lowest BCUT2D eigenvalue weighted by molar-refractivity contribution is -0.140. The molecule has 1 saturated heterocycles. The Labute approximate surface area is 203 Å². The van der Waals surface area contributed by atoms with Crippen molar-refractivity contribution in [1.29, 1.82) is 0 Å². The maximum Gasteiger partial charge on any atom is 0.243 e. The first-order valence-corrected chi connectivity index (χ1v) is 12.4. The van der Waals surface area contributed by atoms with Crippen LogP contribution >= 0.6 is 11.3 Å². The van der Waals surface area contributed by atoms with E-state index in [0.717, 1.165) is 27.3 Å². The minimum Gasteiger partial charge on any atom is -0.391 e. The molecule has 1 fully saturated rings. The summed E-state index contributed by atoms with van der Waals surface area (Å²) < 4.78 is 5.32. The van der Waals surface area contributed by atoms with Crippen LogP contribution in [0, 0.1) is 20.8 Å². The van der Waals surface area contributed by atoms with Crippen LogP contribution in [0.2, 0.25) is 0 Å². The van der Waals surface area contributed by atoms with E-state index >= 15 is 0 Å². The maximum absolute atomic E-state index is 13.3. The number of aryl methyl sites for hydroxylation is 3. The largest absolute Gasteiger partial charge is 0.391 e. The molecule has 2 aromatic heterocycles. The van der Waals surface area contributed by atoms with Gasteiger partial charge in [-0.15, -0.1) is 11.3 Å². The fourth-order valence-electron chi connectivity index (χ4n) is 4.47.